The predicted octanol–water partition coefficient (Wildman–Crippen LogP) is 7.91. The largest absolute Gasteiger partial charge is 0.573 e. The fourth-order valence-electron chi connectivity index (χ4n) is 5.77. The highest BCUT2D eigenvalue weighted by Crippen LogP contribution is 2.46. The Morgan fingerprint density at radius 2 is 1.78 bits per heavy atom. The molecule has 2 aliphatic rings. The summed E-state index contributed by atoms with van der Waals surface area (Å²) in [5.41, 5.74) is 3.30. The van der Waals surface area contributed by atoms with Crippen LogP contribution in [0.3, 0.4) is 0 Å². The second-order valence-corrected chi connectivity index (χ2v) is 10.7. The first-order valence-corrected chi connectivity index (χ1v) is 13.6. The van der Waals surface area contributed by atoms with Crippen molar-refractivity contribution in [3.63, 3.8) is 0 Å². The Morgan fingerprint density at radius 3 is 2.49 bits per heavy atom. The summed E-state index contributed by atoms with van der Waals surface area (Å²) < 4.78 is 62.1. The Hall–Kier alpha value is -3.99. The van der Waals surface area contributed by atoms with Crippen molar-refractivity contribution in [3.8, 4) is 22.8 Å². The second-order valence-electron chi connectivity index (χ2n) is 10.7. The summed E-state index contributed by atoms with van der Waals surface area (Å²) in [7, 11) is 1.86. The van der Waals surface area contributed by atoms with Gasteiger partial charge in [0.25, 0.3) is 0 Å². The number of benzene rings is 2. The van der Waals surface area contributed by atoms with E-state index in [9.17, 15) is 18.0 Å². The molecule has 4 aromatic rings. The molecule has 0 saturated heterocycles. The molecule has 2 aromatic heterocycles. The predicted molar refractivity (Wildman–Crippen MR) is 142 cm³/mol. The van der Waals surface area contributed by atoms with Crippen LogP contribution in [0.15, 0.2) is 53.2 Å². The lowest BCUT2D eigenvalue weighted by Gasteiger charge is -2.29. The number of hydrogen-bond acceptors (Lipinski definition) is 6. The molecule has 0 unspecified atom stereocenters. The first-order chi connectivity index (χ1) is 19.7. The molecule has 2 saturated carbocycles. The normalized spacial score (nSPS) is 19.4. The molecule has 0 amide bonds. The van der Waals surface area contributed by atoms with Crippen molar-refractivity contribution in [2.45, 2.75) is 69.4 Å². The quantitative estimate of drug-likeness (QED) is 0.215. The molecule has 6 rings (SSSR count). The number of alkyl halides is 3. The Labute approximate surface area is 233 Å². The van der Waals surface area contributed by atoms with Crippen molar-refractivity contribution in [3.05, 3.63) is 65.5 Å². The number of aromatic nitrogens is 2. The third-order valence-corrected chi connectivity index (χ3v) is 7.92. The van der Waals surface area contributed by atoms with Crippen molar-refractivity contribution in [2.24, 2.45) is 7.05 Å². The van der Waals surface area contributed by atoms with Gasteiger partial charge in [-0.3, -0.25) is 0 Å². The number of nitrogens with zero attached hydrogens (tertiary/aromatic N) is 2. The van der Waals surface area contributed by atoms with Crippen LogP contribution in [0.4, 0.5) is 18.0 Å². The zero-order chi connectivity index (χ0) is 28.7. The van der Waals surface area contributed by atoms with E-state index >= 15 is 0 Å². The molecule has 2 heterocycles. The number of aryl methyl sites for hydroxylation is 1. The minimum atomic E-state index is -4.83. The summed E-state index contributed by atoms with van der Waals surface area (Å²) in [5, 5.41) is 13.9. The van der Waals surface area contributed by atoms with Crippen LogP contribution in [0.25, 0.3) is 22.2 Å². The number of ether oxygens (including phenoxy) is 3. The third kappa shape index (κ3) is 5.90. The number of fused-ring (bicyclic) bond motifs is 1. The number of hydrogen-bond donors (Lipinski definition) is 1. The van der Waals surface area contributed by atoms with Gasteiger partial charge < -0.3 is 28.4 Å². The highest BCUT2D eigenvalue weighted by Gasteiger charge is 2.36. The van der Waals surface area contributed by atoms with Gasteiger partial charge in [0.1, 0.15) is 17.2 Å². The van der Waals surface area contributed by atoms with Gasteiger partial charge in [0.15, 0.2) is 5.75 Å². The molecule has 2 aliphatic carbocycles. The Bertz CT molecular complexity index is 1560. The van der Waals surface area contributed by atoms with Gasteiger partial charge in [0.2, 0.25) is 0 Å². The minimum Gasteiger partial charge on any atom is -0.449 e. The van der Waals surface area contributed by atoms with E-state index in [0.717, 1.165) is 49.4 Å². The third-order valence-electron chi connectivity index (χ3n) is 7.92. The van der Waals surface area contributed by atoms with Crippen LogP contribution in [0.1, 0.15) is 67.2 Å². The summed E-state index contributed by atoms with van der Waals surface area (Å²) in [6, 6.07) is 12.0. The average molecular weight is 571 g/mol. The van der Waals surface area contributed by atoms with Crippen LogP contribution >= 0.6 is 0 Å². The topological polar surface area (TPSA) is 96.0 Å². The molecule has 1 N–H and O–H groups in total. The molecule has 2 aromatic carbocycles. The van der Waals surface area contributed by atoms with Crippen LogP contribution < -0.4 is 9.47 Å². The molecular weight excluding hydrogens is 541 g/mol. The molecule has 2 fully saturated rings. The van der Waals surface area contributed by atoms with Crippen molar-refractivity contribution in [1.29, 1.82) is 0 Å². The molecule has 41 heavy (non-hydrogen) atoms. The Kier molecular flexibility index (Phi) is 7.14. The highest BCUT2D eigenvalue weighted by atomic mass is 19.4. The standard InChI is InChI=1S/C30H29F3N2O6/c1-35-15-26(39-29(36)37)21-13-10-19(14-24(21)35)17-8-11-20(12-9-17)38-16-23-27(34-41-28(23)18-6-7-18)22-4-2-3-5-25(22)40-30(31,32)33/h2-5,10,13-15,17-18,20H,6-9,11-12,16H2,1H3,(H,36,37)/t17-,20+. The van der Waals surface area contributed by atoms with E-state index in [1.54, 1.807) is 18.3 Å². The van der Waals surface area contributed by atoms with Gasteiger partial charge in [0.05, 0.1) is 18.2 Å². The van der Waals surface area contributed by atoms with Crippen LogP contribution in [-0.4, -0.2) is 33.5 Å². The number of para-hydroxylation sites is 1. The summed E-state index contributed by atoms with van der Waals surface area (Å²) in [6.45, 7) is 0.196. The number of carboxylic acid groups (broad SMARTS) is 1. The molecular formula is C30H29F3N2O6. The van der Waals surface area contributed by atoms with E-state index in [1.807, 2.05) is 23.7 Å². The van der Waals surface area contributed by atoms with E-state index in [1.165, 1.54) is 17.7 Å². The van der Waals surface area contributed by atoms with E-state index < -0.39 is 12.5 Å². The maximum Gasteiger partial charge on any atom is 0.573 e. The average Bonchev–Trinajstić information content (AvgIpc) is 3.62. The fourth-order valence-corrected chi connectivity index (χ4v) is 5.77. The first-order valence-electron chi connectivity index (χ1n) is 13.6. The molecule has 216 valence electrons. The Morgan fingerprint density at radius 1 is 1.05 bits per heavy atom. The summed E-state index contributed by atoms with van der Waals surface area (Å²) in [6.07, 6.45) is 0.862. The molecule has 0 bridgehead atoms. The van der Waals surface area contributed by atoms with E-state index in [-0.39, 0.29) is 29.9 Å². The van der Waals surface area contributed by atoms with E-state index in [4.69, 9.17) is 19.1 Å². The zero-order valence-electron chi connectivity index (χ0n) is 22.3. The smallest absolute Gasteiger partial charge is 0.449 e. The number of halogens is 3. The van der Waals surface area contributed by atoms with Gasteiger partial charge in [-0.05, 0) is 74.3 Å². The van der Waals surface area contributed by atoms with Crippen molar-refractivity contribution >= 4 is 17.1 Å². The molecule has 0 radical (unpaired) electrons. The van der Waals surface area contributed by atoms with Crippen molar-refractivity contribution < 1.29 is 41.8 Å². The molecule has 11 heteroatoms. The molecule has 8 nitrogen and oxygen atoms in total. The number of carbonyl (C=O) groups is 1. The molecule has 0 atom stereocenters. The molecule has 0 aliphatic heterocycles. The van der Waals surface area contributed by atoms with Gasteiger partial charge in [-0.15, -0.1) is 13.2 Å². The lowest BCUT2D eigenvalue weighted by molar-refractivity contribution is -0.274. The van der Waals surface area contributed by atoms with Gasteiger partial charge in [-0.25, -0.2) is 4.79 Å². The Balaban J connectivity index is 1.14. The van der Waals surface area contributed by atoms with Crippen LogP contribution in [0.2, 0.25) is 0 Å². The maximum atomic E-state index is 13.1. The van der Waals surface area contributed by atoms with Crippen LogP contribution in [0, 0.1) is 0 Å². The SMILES string of the molecule is Cn1cc(OC(=O)O)c2ccc([C@H]3CC[C@@H](OCc4c(-c5ccccc5OC(F)(F)F)noc4C4CC4)CC3)cc21. The maximum absolute atomic E-state index is 13.1. The van der Waals surface area contributed by atoms with Gasteiger partial charge >= 0.3 is 12.5 Å². The lowest BCUT2D eigenvalue weighted by Crippen LogP contribution is -2.21. The zero-order valence-corrected chi connectivity index (χ0v) is 22.3. The van der Waals surface area contributed by atoms with Crippen LogP contribution in [-0.2, 0) is 18.4 Å². The lowest BCUT2D eigenvalue weighted by atomic mass is 9.82. The van der Waals surface area contributed by atoms with Crippen molar-refractivity contribution in [2.75, 3.05) is 0 Å². The van der Waals surface area contributed by atoms with Gasteiger partial charge in [-0.2, -0.15) is 0 Å². The van der Waals surface area contributed by atoms with E-state index in [0.29, 0.717) is 28.7 Å². The highest BCUT2D eigenvalue weighted by molar-refractivity contribution is 5.89. The second kappa shape index (κ2) is 10.8. The fraction of sp³-hybridized carbons (Fsp3) is 0.400. The number of rotatable bonds is 8. The monoisotopic (exact) mass is 570 g/mol. The minimum absolute atomic E-state index is 0.00272. The summed E-state index contributed by atoms with van der Waals surface area (Å²) in [5.74, 6) is 1.20. The van der Waals surface area contributed by atoms with Crippen molar-refractivity contribution in [1.82, 2.24) is 9.72 Å². The summed E-state index contributed by atoms with van der Waals surface area (Å²) >= 11 is 0. The van der Waals surface area contributed by atoms with Crippen LogP contribution in [0.5, 0.6) is 11.5 Å². The van der Waals surface area contributed by atoms with Gasteiger partial charge in [-0.1, -0.05) is 23.4 Å². The van der Waals surface area contributed by atoms with E-state index in [2.05, 4.69) is 16.0 Å². The van der Waals surface area contributed by atoms with Gasteiger partial charge in [0, 0.05) is 35.7 Å². The summed E-state index contributed by atoms with van der Waals surface area (Å²) in [4.78, 5) is 11.0. The molecule has 0 spiro atoms. The first kappa shape index (κ1) is 27.2.